The summed E-state index contributed by atoms with van der Waals surface area (Å²) in [5.74, 6) is 1.47. The maximum absolute atomic E-state index is 5.55. The van der Waals surface area contributed by atoms with Crippen LogP contribution in [0, 0.1) is 5.92 Å². The van der Waals surface area contributed by atoms with Gasteiger partial charge in [0, 0.05) is 30.4 Å². The van der Waals surface area contributed by atoms with Crippen molar-refractivity contribution in [3.05, 3.63) is 54.5 Å². The summed E-state index contributed by atoms with van der Waals surface area (Å²) in [5.41, 5.74) is 8.38. The van der Waals surface area contributed by atoms with Gasteiger partial charge < -0.3 is 10.3 Å². The fourth-order valence-corrected chi connectivity index (χ4v) is 2.98. The molecule has 28 heavy (non-hydrogen) atoms. The van der Waals surface area contributed by atoms with Gasteiger partial charge in [0.25, 0.3) is 5.89 Å². The van der Waals surface area contributed by atoms with Crippen molar-refractivity contribution in [2.75, 3.05) is 5.73 Å². The van der Waals surface area contributed by atoms with E-state index in [9.17, 15) is 0 Å². The van der Waals surface area contributed by atoms with Gasteiger partial charge in [-0.25, -0.2) is 9.97 Å². The second-order valence-electron chi connectivity index (χ2n) is 7.03. The monoisotopic (exact) mass is 376 g/mol. The minimum atomic E-state index is -0.478. The molecule has 0 fully saturated rings. The molecular weight excluding hydrogens is 356 g/mol. The van der Waals surface area contributed by atoms with E-state index in [1.165, 1.54) is 0 Å². The summed E-state index contributed by atoms with van der Waals surface area (Å²) in [7, 11) is 0. The Labute approximate surface area is 161 Å². The normalized spacial score (nSPS) is 13.6. The Morgan fingerprint density at radius 1 is 1.04 bits per heavy atom. The average Bonchev–Trinajstić information content (AvgIpc) is 3.40. The summed E-state index contributed by atoms with van der Waals surface area (Å²) in [5, 5.41) is 10.9. The lowest BCUT2D eigenvalue weighted by Crippen LogP contribution is -2.31. The summed E-state index contributed by atoms with van der Waals surface area (Å²) in [6, 6.07) is 3.95. The van der Waals surface area contributed by atoms with Gasteiger partial charge >= 0.3 is 0 Å². The van der Waals surface area contributed by atoms with Crippen LogP contribution in [-0.4, -0.2) is 35.3 Å². The number of nitrogens with one attached hydrogen (secondary N) is 1. The lowest BCUT2D eigenvalue weighted by Gasteiger charge is -2.30. The fourth-order valence-electron chi connectivity index (χ4n) is 2.98. The minimum absolute atomic E-state index is 0.204. The molecule has 9 nitrogen and oxygen atoms in total. The molecule has 0 aromatic carbocycles. The highest BCUT2D eigenvalue weighted by Crippen LogP contribution is 2.38. The van der Waals surface area contributed by atoms with E-state index in [0.29, 0.717) is 11.7 Å². The van der Waals surface area contributed by atoms with E-state index < -0.39 is 5.41 Å². The number of nitrogen functional groups attached to an aromatic ring is 1. The number of aromatic amines is 1. The van der Waals surface area contributed by atoms with Gasteiger partial charge in [0.05, 0.1) is 22.9 Å². The van der Waals surface area contributed by atoms with Crippen molar-refractivity contribution in [1.82, 2.24) is 35.3 Å². The topological polar surface area (TPSA) is 132 Å². The summed E-state index contributed by atoms with van der Waals surface area (Å²) < 4.78 is 5.46. The molecule has 0 bridgehead atoms. The Kier molecular flexibility index (Phi) is 4.34. The van der Waals surface area contributed by atoms with E-state index in [-0.39, 0.29) is 11.9 Å². The second kappa shape index (κ2) is 6.84. The highest BCUT2D eigenvalue weighted by atomic mass is 16.5. The van der Waals surface area contributed by atoms with Gasteiger partial charge in [-0.3, -0.25) is 10.1 Å². The first-order chi connectivity index (χ1) is 13.5. The van der Waals surface area contributed by atoms with Crippen molar-refractivity contribution in [2.24, 2.45) is 5.92 Å². The Bertz CT molecular complexity index is 1050. The van der Waals surface area contributed by atoms with Crippen molar-refractivity contribution < 1.29 is 4.52 Å². The molecule has 0 unspecified atom stereocenters. The molecule has 0 aliphatic carbocycles. The lowest BCUT2D eigenvalue weighted by molar-refractivity contribution is 0.350. The summed E-state index contributed by atoms with van der Waals surface area (Å²) in [6.45, 7) is 6.33. The molecule has 4 rings (SSSR count). The van der Waals surface area contributed by atoms with Gasteiger partial charge in [-0.1, -0.05) is 25.1 Å². The summed E-state index contributed by atoms with van der Waals surface area (Å²) >= 11 is 0. The van der Waals surface area contributed by atoms with Gasteiger partial charge in [0.15, 0.2) is 5.82 Å². The standard InChI is InChI=1S/C19H20N8O/c1-11(2)19(3,17-26-16(28-27-17)13-8-24-25-9-13)14-4-5-15(21-10-14)12-6-22-18(20)23-7-12/h4-11H,1-3H3,(H,24,25)(H2,20,22,23)/t19-/m0/s1. The van der Waals surface area contributed by atoms with E-state index in [4.69, 9.17) is 10.3 Å². The third kappa shape index (κ3) is 3.00. The Hall–Kier alpha value is -3.62. The van der Waals surface area contributed by atoms with Crippen LogP contribution in [0.2, 0.25) is 0 Å². The largest absolute Gasteiger partial charge is 0.368 e. The van der Waals surface area contributed by atoms with Gasteiger partial charge in [-0.15, -0.1) is 0 Å². The van der Waals surface area contributed by atoms with E-state index in [2.05, 4.69) is 56.1 Å². The first-order valence-electron chi connectivity index (χ1n) is 8.86. The molecule has 0 aliphatic heterocycles. The van der Waals surface area contributed by atoms with E-state index in [1.54, 1.807) is 24.8 Å². The number of hydrogen-bond acceptors (Lipinski definition) is 8. The van der Waals surface area contributed by atoms with E-state index in [1.807, 2.05) is 18.3 Å². The predicted molar refractivity (Wildman–Crippen MR) is 103 cm³/mol. The van der Waals surface area contributed by atoms with Crippen LogP contribution >= 0.6 is 0 Å². The smallest absolute Gasteiger partial charge is 0.261 e. The Morgan fingerprint density at radius 3 is 2.43 bits per heavy atom. The number of H-pyrrole nitrogens is 1. The van der Waals surface area contributed by atoms with Crippen molar-refractivity contribution in [2.45, 2.75) is 26.2 Å². The number of anilines is 1. The van der Waals surface area contributed by atoms with Gasteiger partial charge in [-0.05, 0) is 24.5 Å². The molecule has 0 saturated heterocycles. The number of pyridine rings is 1. The molecule has 1 atom stereocenters. The van der Waals surface area contributed by atoms with Crippen LogP contribution in [0.25, 0.3) is 22.7 Å². The van der Waals surface area contributed by atoms with Crippen LogP contribution in [-0.2, 0) is 5.41 Å². The summed E-state index contributed by atoms with van der Waals surface area (Å²) in [6.07, 6.45) is 8.51. The average molecular weight is 376 g/mol. The van der Waals surface area contributed by atoms with Crippen molar-refractivity contribution in [1.29, 1.82) is 0 Å². The highest BCUT2D eigenvalue weighted by molar-refractivity contribution is 5.57. The number of hydrogen-bond donors (Lipinski definition) is 2. The maximum Gasteiger partial charge on any atom is 0.261 e. The van der Waals surface area contributed by atoms with Crippen molar-refractivity contribution >= 4 is 5.95 Å². The Morgan fingerprint density at radius 2 is 1.82 bits per heavy atom. The predicted octanol–water partition coefficient (Wildman–Crippen LogP) is 2.86. The molecule has 4 aromatic heterocycles. The zero-order chi connectivity index (χ0) is 19.7. The second-order valence-corrected chi connectivity index (χ2v) is 7.03. The molecular formula is C19H20N8O. The summed E-state index contributed by atoms with van der Waals surface area (Å²) in [4.78, 5) is 17.2. The highest BCUT2D eigenvalue weighted by Gasteiger charge is 2.38. The molecule has 0 saturated carbocycles. The van der Waals surface area contributed by atoms with E-state index >= 15 is 0 Å². The SMILES string of the molecule is CC(C)[C@@](C)(c1ccc(-c2cnc(N)nc2)nc1)c1noc(-c2cn[nH]c2)n1. The van der Waals surface area contributed by atoms with Crippen LogP contribution in [0.15, 0.2) is 47.6 Å². The van der Waals surface area contributed by atoms with Crippen LogP contribution in [0.5, 0.6) is 0 Å². The zero-order valence-electron chi connectivity index (χ0n) is 15.8. The van der Waals surface area contributed by atoms with Crippen LogP contribution in [0.3, 0.4) is 0 Å². The molecule has 0 radical (unpaired) electrons. The molecule has 0 spiro atoms. The third-order valence-electron chi connectivity index (χ3n) is 5.12. The third-order valence-corrected chi connectivity index (χ3v) is 5.12. The molecule has 0 amide bonds. The quantitative estimate of drug-likeness (QED) is 0.543. The van der Waals surface area contributed by atoms with Crippen molar-refractivity contribution in [3.8, 4) is 22.7 Å². The molecule has 9 heteroatoms. The van der Waals surface area contributed by atoms with Crippen LogP contribution in [0.1, 0.15) is 32.2 Å². The molecule has 142 valence electrons. The Balaban J connectivity index is 1.70. The first-order valence-corrected chi connectivity index (χ1v) is 8.86. The number of rotatable bonds is 5. The number of nitrogens with two attached hydrogens (primary N) is 1. The maximum atomic E-state index is 5.55. The lowest BCUT2D eigenvalue weighted by atomic mass is 9.73. The van der Waals surface area contributed by atoms with Crippen LogP contribution < -0.4 is 5.73 Å². The molecule has 4 heterocycles. The first kappa shape index (κ1) is 17.8. The minimum Gasteiger partial charge on any atom is -0.368 e. The van der Waals surface area contributed by atoms with E-state index in [0.717, 1.165) is 22.4 Å². The van der Waals surface area contributed by atoms with Crippen molar-refractivity contribution in [3.63, 3.8) is 0 Å². The number of nitrogens with zero attached hydrogens (tertiary/aromatic N) is 6. The molecule has 3 N–H and O–H groups in total. The van der Waals surface area contributed by atoms with Gasteiger partial charge in [0.1, 0.15) is 0 Å². The van der Waals surface area contributed by atoms with Gasteiger partial charge in [0.2, 0.25) is 5.95 Å². The molecule has 0 aliphatic rings. The van der Waals surface area contributed by atoms with Gasteiger partial charge in [-0.2, -0.15) is 10.1 Å². The fraction of sp³-hybridized carbons (Fsp3) is 0.263. The molecule has 4 aromatic rings. The zero-order valence-corrected chi connectivity index (χ0v) is 15.8. The number of aromatic nitrogens is 7. The van der Waals surface area contributed by atoms with Crippen LogP contribution in [0.4, 0.5) is 5.95 Å².